The maximum absolute atomic E-state index is 11.7. The molecule has 0 radical (unpaired) electrons. The second-order valence-electron chi connectivity index (χ2n) is 4.57. The summed E-state index contributed by atoms with van der Waals surface area (Å²) in [6.07, 6.45) is 8.21. The number of hydrogen-bond donors (Lipinski definition) is 2. The first-order valence-electron chi connectivity index (χ1n) is 7.53. The van der Waals surface area contributed by atoms with E-state index in [1.54, 1.807) is 0 Å². The van der Waals surface area contributed by atoms with E-state index in [4.69, 9.17) is 12.8 Å². The molecule has 0 bridgehead atoms. The minimum absolute atomic E-state index is 0.0952. The minimum Gasteiger partial charge on any atom is -0.467 e. The lowest BCUT2D eigenvalue weighted by Crippen LogP contribution is -2.44. The Morgan fingerprint density at radius 3 is 1.46 bits per heavy atom. The van der Waals surface area contributed by atoms with Gasteiger partial charge in [-0.3, -0.25) is 0 Å². The highest BCUT2D eigenvalue weighted by atomic mass is 33.1. The fourth-order valence-electron chi connectivity index (χ4n) is 1.44. The first-order chi connectivity index (χ1) is 13.4. The molecule has 154 valence electrons. The Bertz CT molecular complexity index is 575. The number of esters is 2. The quantitative estimate of drug-likeness (QED) is 0.153. The summed E-state index contributed by atoms with van der Waals surface area (Å²) in [5.74, 6) is 3.05. The molecule has 10 nitrogen and oxygen atoms in total. The second-order valence-corrected chi connectivity index (χ2v) is 7.12. The van der Waals surface area contributed by atoms with Crippen LogP contribution in [0.2, 0.25) is 0 Å². The predicted molar refractivity (Wildman–Crippen MR) is 103 cm³/mol. The third-order valence-corrected chi connectivity index (χ3v) is 5.10. The van der Waals surface area contributed by atoms with Crippen LogP contribution in [0.3, 0.4) is 0 Å². The molecule has 2 amide bonds. The van der Waals surface area contributed by atoms with Gasteiger partial charge in [0.15, 0.2) is 13.2 Å². The molecular formula is C16H20N2O8S2. The third kappa shape index (κ3) is 11.1. The molecule has 28 heavy (non-hydrogen) atoms. The standard InChI is InChI=1S/C16H20N2O8S2/c1-5-7-25-15(21)17-11(13(19)23-3)9-27-28-10-12(14(20)24-4)18-16(22)26-8-6-2/h1-2,11-12H,7-10H2,3-4H3,(H,17,21)(H,18,22)/t11-,12-/m0/s1. The van der Waals surface area contributed by atoms with E-state index in [0.717, 1.165) is 21.6 Å². The molecule has 0 saturated heterocycles. The Morgan fingerprint density at radius 1 is 0.821 bits per heavy atom. The van der Waals surface area contributed by atoms with E-state index >= 15 is 0 Å². The van der Waals surface area contributed by atoms with Crippen LogP contribution in [-0.2, 0) is 28.5 Å². The average molecular weight is 432 g/mol. The highest BCUT2D eigenvalue weighted by Crippen LogP contribution is 2.23. The van der Waals surface area contributed by atoms with Crippen LogP contribution >= 0.6 is 21.6 Å². The fourth-order valence-corrected chi connectivity index (χ4v) is 3.73. The lowest BCUT2D eigenvalue weighted by Gasteiger charge is -2.17. The number of hydrogen-bond acceptors (Lipinski definition) is 10. The summed E-state index contributed by atoms with van der Waals surface area (Å²) in [7, 11) is 4.62. The molecular weight excluding hydrogens is 412 g/mol. The minimum atomic E-state index is -1.00. The zero-order valence-corrected chi connectivity index (χ0v) is 16.9. The summed E-state index contributed by atoms with van der Waals surface area (Å²) in [6.45, 7) is -0.492. The topological polar surface area (TPSA) is 129 Å². The highest BCUT2D eigenvalue weighted by Gasteiger charge is 2.25. The maximum atomic E-state index is 11.7. The van der Waals surface area contributed by atoms with Gasteiger partial charge in [0.1, 0.15) is 12.1 Å². The Hall–Kier alpha value is -2.70. The number of carbonyl (C=O) groups excluding carboxylic acids is 4. The van der Waals surface area contributed by atoms with Crippen molar-refractivity contribution in [2.24, 2.45) is 0 Å². The van der Waals surface area contributed by atoms with Crippen molar-refractivity contribution in [3.05, 3.63) is 0 Å². The zero-order chi connectivity index (χ0) is 21.4. The number of rotatable bonds is 11. The Balaban J connectivity index is 4.57. The van der Waals surface area contributed by atoms with E-state index in [-0.39, 0.29) is 24.7 Å². The SMILES string of the molecule is C#CCOC(=O)N[C@@H](CSSC[C@H](NC(=O)OCC#C)C(=O)OC)C(=O)OC. The summed E-state index contributed by atoms with van der Waals surface area (Å²) in [4.78, 5) is 46.5. The number of alkyl carbamates (subject to hydrolysis) is 2. The number of methoxy groups -OCH3 is 2. The van der Waals surface area contributed by atoms with Crippen molar-refractivity contribution in [3.8, 4) is 24.7 Å². The first kappa shape index (κ1) is 25.3. The van der Waals surface area contributed by atoms with Crippen LogP contribution in [0.5, 0.6) is 0 Å². The zero-order valence-electron chi connectivity index (χ0n) is 15.2. The molecule has 2 N–H and O–H groups in total. The van der Waals surface area contributed by atoms with E-state index in [0.29, 0.717) is 0 Å². The van der Waals surface area contributed by atoms with Crippen molar-refractivity contribution >= 4 is 45.7 Å². The van der Waals surface area contributed by atoms with Crippen LogP contribution in [0.1, 0.15) is 0 Å². The Kier molecular flexibility index (Phi) is 13.9. The van der Waals surface area contributed by atoms with Crippen LogP contribution in [0.15, 0.2) is 0 Å². The summed E-state index contributed by atoms with van der Waals surface area (Å²) in [5.41, 5.74) is 0. The fraction of sp³-hybridized carbons (Fsp3) is 0.500. The molecule has 0 heterocycles. The van der Waals surface area contributed by atoms with Gasteiger partial charge in [-0.2, -0.15) is 0 Å². The smallest absolute Gasteiger partial charge is 0.408 e. The van der Waals surface area contributed by atoms with Crippen LogP contribution in [0.4, 0.5) is 9.59 Å². The molecule has 0 aliphatic rings. The number of amides is 2. The number of ether oxygens (including phenoxy) is 4. The van der Waals surface area contributed by atoms with E-state index in [1.165, 1.54) is 14.2 Å². The van der Waals surface area contributed by atoms with Crippen LogP contribution < -0.4 is 10.6 Å². The van der Waals surface area contributed by atoms with Crippen LogP contribution in [0.25, 0.3) is 0 Å². The molecule has 0 aromatic rings. The molecule has 0 aliphatic carbocycles. The van der Waals surface area contributed by atoms with Gasteiger partial charge < -0.3 is 29.6 Å². The van der Waals surface area contributed by atoms with Gasteiger partial charge in [-0.15, -0.1) is 12.8 Å². The summed E-state index contributed by atoms with van der Waals surface area (Å²) >= 11 is 0. The summed E-state index contributed by atoms with van der Waals surface area (Å²) < 4.78 is 18.5. The largest absolute Gasteiger partial charge is 0.467 e. The van der Waals surface area contributed by atoms with Gasteiger partial charge in [0.25, 0.3) is 0 Å². The van der Waals surface area contributed by atoms with E-state index < -0.39 is 36.2 Å². The van der Waals surface area contributed by atoms with Crippen LogP contribution in [0, 0.1) is 24.7 Å². The van der Waals surface area contributed by atoms with E-state index in [1.807, 2.05) is 0 Å². The number of nitrogens with one attached hydrogen (secondary N) is 2. The van der Waals surface area contributed by atoms with Crippen molar-refractivity contribution in [2.75, 3.05) is 38.9 Å². The van der Waals surface area contributed by atoms with Gasteiger partial charge >= 0.3 is 24.1 Å². The van der Waals surface area contributed by atoms with Crippen molar-refractivity contribution in [1.82, 2.24) is 10.6 Å². The molecule has 12 heteroatoms. The van der Waals surface area contributed by atoms with Crippen molar-refractivity contribution < 1.29 is 38.1 Å². The Morgan fingerprint density at radius 2 is 1.18 bits per heavy atom. The first-order valence-corrected chi connectivity index (χ1v) is 10.0. The van der Waals surface area contributed by atoms with Gasteiger partial charge in [0.05, 0.1) is 14.2 Å². The van der Waals surface area contributed by atoms with Crippen molar-refractivity contribution in [2.45, 2.75) is 12.1 Å². The van der Waals surface area contributed by atoms with Gasteiger partial charge in [-0.25, -0.2) is 19.2 Å². The monoisotopic (exact) mass is 432 g/mol. The normalized spacial score (nSPS) is 11.6. The molecule has 0 unspecified atom stereocenters. The lowest BCUT2D eigenvalue weighted by molar-refractivity contribution is -0.143. The van der Waals surface area contributed by atoms with Crippen molar-refractivity contribution in [1.29, 1.82) is 0 Å². The highest BCUT2D eigenvalue weighted by molar-refractivity contribution is 8.76. The third-order valence-electron chi connectivity index (χ3n) is 2.68. The van der Waals surface area contributed by atoms with Crippen LogP contribution in [-0.4, -0.2) is 75.1 Å². The van der Waals surface area contributed by atoms with Gasteiger partial charge in [0, 0.05) is 11.5 Å². The van der Waals surface area contributed by atoms with Gasteiger partial charge in [0.2, 0.25) is 0 Å². The molecule has 0 spiro atoms. The molecule has 0 fully saturated rings. The van der Waals surface area contributed by atoms with Crippen molar-refractivity contribution in [3.63, 3.8) is 0 Å². The van der Waals surface area contributed by atoms with Gasteiger partial charge in [-0.1, -0.05) is 33.4 Å². The van der Waals surface area contributed by atoms with Gasteiger partial charge in [-0.05, 0) is 0 Å². The average Bonchev–Trinajstić information content (AvgIpc) is 2.70. The molecule has 0 saturated carbocycles. The van der Waals surface area contributed by atoms with E-state index in [2.05, 4.69) is 41.4 Å². The number of terminal acetylenes is 2. The molecule has 0 aromatic carbocycles. The molecule has 0 aromatic heterocycles. The maximum Gasteiger partial charge on any atom is 0.408 e. The van der Waals surface area contributed by atoms with E-state index in [9.17, 15) is 19.2 Å². The predicted octanol–water partition coefficient (Wildman–Crippen LogP) is 0.170. The summed E-state index contributed by atoms with van der Waals surface area (Å²) in [6, 6.07) is -2.00. The molecule has 2 atom stereocenters. The number of carbonyl (C=O) groups is 4. The summed E-state index contributed by atoms with van der Waals surface area (Å²) in [5, 5.41) is 4.63. The molecule has 0 aliphatic heterocycles. The lowest BCUT2D eigenvalue weighted by atomic mass is 10.3. The molecule has 0 rings (SSSR count). The second kappa shape index (κ2) is 15.4. The Labute approximate surface area is 170 Å².